The van der Waals surface area contributed by atoms with Gasteiger partial charge in [-0.05, 0) is 132 Å². The minimum atomic E-state index is 0.909. The van der Waals surface area contributed by atoms with Crippen LogP contribution < -0.4 is 0 Å². The van der Waals surface area contributed by atoms with E-state index in [4.69, 9.17) is 19.9 Å². The smallest absolute Gasteiger partial charge is 0.0892 e. The minimum absolute atomic E-state index is 0.909. The van der Waals surface area contributed by atoms with Gasteiger partial charge < -0.3 is 0 Å². The van der Waals surface area contributed by atoms with Crippen molar-refractivity contribution < 1.29 is 0 Å². The highest BCUT2D eigenvalue weighted by molar-refractivity contribution is 5.57. The zero-order chi connectivity index (χ0) is 23.5. The summed E-state index contributed by atoms with van der Waals surface area (Å²) in [7, 11) is 0. The summed E-state index contributed by atoms with van der Waals surface area (Å²) >= 11 is 0. The van der Waals surface area contributed by atoms with Gasteiger partial charge in [0.1, 0.15) is 0 Å². The standard InChI is InChI=1S/C29H32N4/c1-18-10-22(5)30-26(14-18)28-16-20(3)12-24(32-28)8-7-9-25-13-21(4)17-29(33-25)27-15-19(2)11-23(6)31-27/h10-17H,7-9H2,1-6H3. The quantitative estimate of drug-likeness (QED) is 0.340. The molecule has 0 unspecified atom stereocenters. The maximum atomic E-state index is 4.93. The molecule has 33 heavy (non-hydrogen) atoms. The Morgan fingerprint density at radius 3 is 1.12 bits per heavy atom. The van der Waals surface area contributed by atoms with Gasteiger partial charge in [-0.3, -0.25) is 19.9 Å². The number of nitrogens with zero attached hydrogens (tertiary/aromatic N) is 4. The molecule has 0 amide bonds. The first-order valence-corrected chi connectivity index (χ1v) is 11.6. The van der Waals surface area contributed by atoms with Gasteiger partial charge in [0, 0.05) is 22.8 Å². The van der Waals surface area contributed by atoms with Crippen molar-refractivity contribution in [3.8, 4) is 22.8 Å². The summed E-state index contributed by atoms with van der Waals surface area (Å²) in [5.74, 6) is 0. The monoisotopic (exact) mass is 436 g/mol. The van der Waals surface area contributed by atoms with Crippen LogP contribution >= 0.6 is 0 Å². The largest absolute Gasteiger partial charge is 0.251 e. The van der Waals surface area contributed by atoms with E-state index in [0.29, 0.717) is 0 Å². The van der Waals surface area contributed by atoms with Crippen molar-refractivity contribution in [2.75, 3.05) is 0 Å². The maximum absolute atomic E-state index is 4.93. The van der Waals surface area contributed by atoms with E-state index in [1.807, 2.05) is 13.8 Å². The molecule has 168 valence electrons. The second-order valence-electron chi connectivity index (χ2n) is 9.24. The fraction of sp³-hybridized carbons (Fsp3) is 0.310. The molecular weight excluding hydrogens is 404 g/mol. The highest BCUT2D eigenvalue weighted by Gasteiger charge is 2.09. The lowest BCUT2D eigenvalue weighted by molar-refractivity contribution is 0.780. The molecule has 0 spiro atoms. The average Bonchev–Trinajstić information content (AvgIpc) is 2.71. The predicted molar refractivity (Wildman–Crippen MR) is 135 cm³/mol. The Hall–Kier alpha value is -3.40. The summed E-state index contributed by atoms with van der Waals surface area (Å²) < 4.78 is 0. The van der Waals surface area contributed by atoms with Gasteiger partial charge in [0.15, 0.2) is 0 Å². The van der Waals surface area contributed by atoms with Crippen LogP contribution in [0.4, 0.5) is 0 Å². The zero-order valence-electron chi connectivity index (χ0n) is 20.5. The molecule has 0 saturated heterocycles. The van der Waals surface area contributed by atoms with Crippen molar-refractivity contribution in [1.29, 1.82) is 0 Å². The molecule has 4 heteroatoms. The highest BCUT2D eigenvalue weighted by Crippen LogP contribution is 2.22. The van der Waals surface area contributed by atoms with Crippen molar-refractivity contribution in [2.24, 2.45) is 0 Å². The summed E-state index contributed by atoms with van der Waals surface area (Å²) in [4.78, 5) is 19.2. The molecule has 0 aliphatic rings. The van der Waals surface area contributed by atoms with Crippen molar-refractivity contribution >= 4 is 0 Å². The van der Waals surface area contributed by atoms with Crippen molar-refractivity contribution in [3.63, 3.8) is 0 Å². The second-order valence-corrected chi connectivity index (χ2v) is 9.24. The topological polar surface area (TPSA) is 51.6 Å². The lowest BCUT2D eigenvalue weighted by Gasteiger charge is -2.10. The van der Waals surface area contributed by atoms with Crippen LogP contribution in [-0.2, 0) is 12.8 Å². The van der Waals surface area contributed by atoms with Crippen LogP contribution in [0.3, 0.4) is 0 Å². The molecule has 0 aliphatic carbocycles. The van der Waals surface area contributed by atoms with Crippen LogP contribution in [0.5, 0.6) is 0 Å². The van der Waals surface area contributed by atoms with Crippen LogP contribution in [0.25, 0.3) is 22.8 Å². The maximum Gasteiger partial charge on any atom is 0.0892 e. The van der Waals surface area contributed by atoms with E-state index in [2.05, 4.69) is 76.2 Å². The summed E-state index contributed by atoms with van der Waals surface area (Å²) in [6.07, 6.45) is 2.81. The van der Waals surface area contributed by atoms with Gasteiger partial charge >= 0.3 is 0 Å². The Labute approximate surface area is 197 Å². The molecule has 0 aromatic carbocycles. The highest BCUT2D eigenvalue weighted by atomic mass is 14.8. The van der Waals surface area contributed by atoms with Gasteiger partial charge in [-0.2, -0.15) is 0 Å². The minimum Gasteiger partial charge on any atom is -0.251 e. The lowest BCUT2D eigenvalue weighted by atomic mass is 10.1. The lowest BCUT2D eigenvalue weighted by Crippen LogP contribution is -2.00. The Balaban J connectivity index is 1.51. The second kappa shape index (κ2) is 9.62. The summed E-state index contributed by atoms with van der Waals surface area (Å²) in [6.45, 7) is 12.5. The van der Waals surface area contributed by atoms with Crippen molar-refractivity contribution in [1.82, 2.24) is 19.9 Å². The van der Waals surface area contributed by atoms with Gasteiger partial charge in [0.2, 0.25) is 0 Å². The number of hydrogen-bond donors (Lipinski definition) is 0. The Bertz CT molecular complexity index is 1170. The number of aromatic nitrogens is 4. The number of hydrogen-bond acceptors (Lipinski definition) is 4. The third-order valence-corrected chi connectivity index (χ3v) is 5.63. The first kappa shape index (κ1) is 22.8. The molecule has 0 atom stereocenters. The van der Waals surface area contributed by atoms with E-state index < -0.39 is 0 Å². The molecule has 4 aromatic rings. The van der Waals surface area contributed by atoms with Crippen molar-refractivity contribution in [2.45, 2.75) is 60.8 Å². The molecule has 4 aromatic heterocycles. The first-order chi connectivity index (χ1) is 15.7. The summed E-state index contributed by atoms with van der Waals surface area (Å²) in [5, 5.41) is 0. The fourth-order valence-electron chi connectivity index (χ4n) is 4.39. The summed E-state index contributed by atoms with van der Waals surface area (Å²) in [5.41, 5.74) is 12.9. The van der Waals surface area contributed by atoms with E-state index in [9.17, 15) is 0 Å². The Morgan fingerprint density at radius 1 is 0.424 bits per heavy atom. The van der Waals surface area contributed by atoms with Gasteiger partial charge in [0.05, 0.1) is 22.8 Å². The van der Waals surface area contributed by atoms with Crippen LogP contribution in [0.15, 0.2) is 48.5 Å². The van der Waals surface area contributed by atoms with Crippen LogP contribution in [-0.4, -0.2) is 19.9 Å². The number of pyridine rings is 4. The molecule has 4 nitrogen and oxygen atoms in total. The Morgan fingerprint density at radius 2 is 0.758 bits per heavy atom. The van der Waals surface area contributed by atoms with E-state index in [-0.39, 0.29) is 0 Å². The van der Waals surface area contributed by atoms with Gasteiger partial charge in [0.25, 0.3) is 0 Å². The molecular formula is C29H32N4. The van der Waals surface area contributed by atoms with E-state index in [0.717, 1.165) is 64.8 Å². The third kappa shape index (κ3) is 5.89. The van der Waals surface area contributed by atoms with Crippen LogP contribution in [0, 0.1) is 41.5 Å². The molecule has 4 rings (SSSR count). The normalized spacial score (nSPS) is 11.1. The van der Waals surface area contributed by atoms with Crippen LogP contribution in [0.2, 0.25) is 0 Å². The SMILES string of the molecule is Cc1cc(C)nc(-c2cc(C)cc(CCCc3cc(C)cc(-c4cc(C)cc(C)n4)n3)n2)c1. The molecule has 0 N–H and O–H groups in total. The average molecular weight is 437 g/mol. The number of aryl methyl sites for hydroxylation is 8. The van der Waals surface area contributed by atoms with Crippen molar-refractivity contribution in [3.05, 3.63) is 93.6 Å². The van der Waals surface area contributed by atoms with E-state index >= 15 is 0 Å². The molecule has 0 bridgehead atoms. The Kier molecular flexibility index (Phi) is 6.64. The predicted octanol–water partition coefficient (Wildman–Crippen LogP) is 6.63. The van der Waals surface area contributed by atoms with E-state index in [1.165, 1.54) is 22.3 Å². The molecule has 0 saturated carbocycles. The molecule has 0 aliphatic heterocycles. The van der Waals surface area contributed by atoms with Gasteiger partial charge in [-0.15, -0.1) is 0 Å². The third-order valence-electron chi connectivity index (χ3n) is 5.63. The molecule has 0 radical (unpaired) electrons. The zero-order valence-corrected chi connectivity index (χ0v) is 20.5. The van der Waals surface area contributed by atoms with Gasteiger partial charge in [-0.1, -0.05) is 0 Å². The molecule has 4 heterocycles. The molecule has 0 fully saturated rings. The van der Waals surface area contributed by atoms with Gasteiger partial charge in [-0.25, -0.2) is 0 Å². The first-order valence-electron chi connectivity index (χ1n) is 11.6. The summed E-state index contributed by atoms with van der Waals surface area (Å²) in [6, 6.07) is 17.0. The number of rotatable bonds is 6. The fourth-order valence-corrected chi connectivity index (χ4v) is 4.39. The van der Waals surface area contributed by atoms with E-state index in [1.54, 1.807) is 0 Å². The van der Waals surface area contributed by atoms with Crippen LogP contribution in [0.1, 0.15) is 51.5 Å².